The molecule has 2 atom stereocenters. The lowest BCUT2D eigenvalue weighted by Crippen LogP contribution is -2.13. The largest absolute Gasteiger partial charge is 0.492 e. The van der Waals surface area contributed by atoms with Gasteiger partial charge in [-0.2, -0.15) is 0 Å². The van der Waals surface area contributed by atoms with Gasteiger partial charge in [0.2, 0.25) is 0 Å². The highest BCUT2D eigenvalue weighted by atomic mass is 32.2. The number of rotatable bonds is 4. The molecule has 0 spiro atoms. The quantitative estimate of drug-likeness (QED) is 0.926. The van der Waals surface area contributed by atoms with Crippen LogP contribution >= 0.6 is 11.8 Å². The Morgan fingerprint density at radius 2 is 2.10 bits per heavy atom. The van der Waals surface area contributed by atoms with E-state index in [9.17, 15) is 5.11 Å². The smallest absolute Gasteiger partial charge is 0.119 e. The normalized spacial score (nSPS) is 18.6. The molecule has 0 aromatic heterocycles. The molecule has 0 fully saturated rings. The van der Waals surface area contributed by atoms with Crippen LogP contribution in [0.5, 0.6) is 5.75 Å². The van der Waals surface area contributed by atoms with E-state index < -0.39 is 6.10 Å². The van der Waals surface area contributed by atoms with Crippen molar-refractivity contribution in [1.82, 2.24) is 0 Å². The Morgan fingerprint density at radius 3 is 2.90 bits per heavy atom. The number of thioether (sulfide) groups is 1. The van der Waals surface area contributed by atoms with Gasteiger partial charge in [0.05, 0.1) is 6.10 Å². The molecule has 0 bridgehead atoms. The van der Waals surface area contributed by atoms with Crippen LogP contribution < -0.4 is 4.74 Å². The molecule has 0 amide bonds. The first-order chi connectivity index (χ1) is 9.72. The summed E-state index contributed by atoms with van der Waals surface area (Å²) in [6.07, 6.45) is 0.611. The Morgan fingerprint density at radius 1 is 1.25 bits per heavy atom. The molecule has 0 saturated carbocycles. The monoisotopic (exact) mass is 286 g/mol. The topological polar surface area (TPSA) is 29.5 Å². The van der Waals surface area contributed by atoms with Gasteiger partial charge in [0.1, 0.15) is 12.4 Å². The molecule has 2 nitrogen and oxygen atoms in total. The van der Waals surface area contributed by atoms with Crippen LogP contribution in [0.4, 0.5) is 0 Å². The predicted octanol–water partition coefficient (Wildman–Crippen LogP) is 3.84. The van der Waals surface area contributed by atoms with Crippen molar-refractivity contribution in [2.24, 2.45) is 0 Å². The minimum Gasteiger partial charge on any atom is -0.492 e. The van der Waals surface area contributed by atoms with Crippen LogP contribution in [0.3, 0.4) is 0 Å². The summed E-state index contributed by atoms with van der Waals surface area (Å²) in [6.45, 7) is 2.46. The molecule has 20 heavy (non-hydrogen) atoms. The third kappa shape index (κ3) is 3.00. The van der Waals surface area contributed by atoms with Crippen molar-refractivity contribution in [2.45, 2.75) is 29.6 Å². The fourth-order valence-corrected chi connectivity index (χ4v) is 3.62. The second-order valence-corrected chi connectivity index (χ2v) is 6.45. The third-order valence-electron chi connectivity index (χ3n) is 3.49. The van der Waals surface area contributed by atoms with E-state index in [1.807, 2.05) is 36.0 Å². The van der Waals surface area contributed by atoms with Crippen molar-refractivity contribution in [1.29, 1.82) is 0 Å². The fourth-order valence-electron chi connectivity index (χ4n) is 2.40. The van der Waals surface area contributed by atoms with Gasteiger partial charge in [-0.15, -0.1) is 11.8 Å². The lowest BCUT2D eigenvalue weighted by atomic mass is 10.1. The number of fused-ring (bicyclic) bond motifs is 1. The molecule has 3 rings (SSSR count). The van der Waals surface area contributed by atoms with E-state index in [0.29, 0.717) is 11.9 Å². The van der Waals surface area contributed by atoms with Crippen molar-refractivity contribution >= 4 is 11.8 Å². The maximum Gasteiger partial charge on any atom is 0.119 e. The summed E-state index contributed by atoms with van der Waals surface area (Å²) < 4.78 is 5.88. The number of aliphatic hydroxyl groups is 1. The van der Waals surface area contributed by atoms with E-state index >= 15 is 0 Å². The zero-order chi connectivity index (χ0) is 13.9. The molecule has 1 aliphatic heterocycles. The zero-order valence-electron chi connectivity index (χ0n) is 11.5. The minimum atomic E-state index is -0.455. The van der Waals surface area contributed by atoms with E-state index in [1.165, 1.54) is 10.5 Å². The molecule has 0 radical (unpaired) electrons. The first-order valence-electron chi connectivity index (χ1n) is 6.88. The highest BCUT2D eigenvalue weighted by Gasteiger charge is 2.22. The van der Waals surface area contributed by atoms with E-state index in [2.05, 4.69) is 24.3 Å². The van der Waals surface area contributed by atoms with Crippen LogP contribution in [0.25, 0.3) is 0 Å². The summed E-state index contributed by atoms with van der Waals surface area (Å²) in [5, 5.41) is 10.1. The van der Waals surface area contributed by atoms with Gasteiger partial charge in [0, 0.05) is 10.1 Å². The molecular formula is C17H18O2S. The summed E-state index contributed by atoms with van der Waals surface area (Å²) >= 11 is 1.89. The molecule has 0 aliphatic carbocycles. The van der Waals surface area contributed by atoms with Crippen LogP contribution in [-0.2, 0) is 6.42 Å². The number of aliphatic hydroxyl groups excluding tert-OH is 1. The van der Waals surface area contributed by atoms with Crippen LogP contribution in [-0.4, -0.2) is 17.0 Å². The highest BCUT2D eigenvalue weighted by molar-refractivity contribution is 8.00. The molecule has 1 N–H and O–H groups in total. The van der Waals surface area contributed by atoms with Crippen molar-refractivity contribution in [2.75, 3.05) is 6.61 Å². The first kappa shape index (κ1) is 13.5. The SMILES string of the molecule is CC(O)c1cccc(OCC2Cc3ccccc3S2)c1. The van der Waals surface area contributed by atoms with Gasteiger partial charge in [0.15, 0.2) is 0 Å². The zero-order valence-corrected chi connectivity index (χ0v) is 12.3. The fraction of sp³-hybridized carbons (Fsp3) is 0.294. The Labute approximate surface area is 123 Å². The molecule has 2 aromatic rings. The van der Waals surface area contributed by atoms with E-state index in [4.69, 9.17) is 4.74 Å². The Hall–Kier alpha value is -1.45. The summed E-state index contributed by atoms with van der Waals surface area (Å²) in [6, 6.07) is 16.2. The third-order valence-corrected chi connectivity index (χ3v) is 4.78. The second-order valence-electron chi connectivity index (χ2n) is 5.11. The maximum absolute atomic E-state index is 9.59. The summed E-state index contributed by atoms with van der Waals surface area (Å²) in [4.78, 5) is 1.37. The maximum atomic E-state index is 9.59. The van der Waals surface area contributed by atoms with E-state index in [1.54, 1.807) is 6.92 Å². The van der Waals surface area contributed by atoms with E-state index in [-0.39, 0.29) is 0 Å². The predicted molar refractivity (Wildman–Crippen MR) is 82.4 cm³/mol. The number of benzene rings is 2. The van der Waals surface area contributed by atoms with Gasteiger partial charge in [-0.3, -0.25) is 0 Å². The molecule has 1 aliphatic rings. The average Bonchev–Trinajstić information content (AvgIpc) is 2.88. The molecule has 2 unspecified atom stereocenters. The van der Waals surface area contributed by atoms with Crippen LogP contribution in [0, 0.1) is 0 Å². The van der Waals surface area contributed by atoms with Gasteiger partial charge in [-0.1, -0.05) is 30.3 Å². The van der Waals surface area contributed by atoms with Crippen molar-refractivity contribution in [3.8, 4) is 5.75 Å². The standard InChI is InChI=1S/C17H18O2S/c1-12(18)13-6-4-7-15(9-13)19-11-16-10-14-5-2-3-8-17(14)20-16/h2-9,12,16,18H,10-11H2,1H3. The number of hydrogen-bond donors (Lipinski definition) is 1. The van der Waals surface area contributed by atoms with Crippen molar-refractivity contribution in [3.05, 3.63) is 59.7 Å². The average molecular weight is 286 g/mol. The summed E-state index contributed by atoms with van der Waals surface area (Å²) in [5.41, 5.74) is 2.31. The molecule has 104 valence electrons. The molecule has 1 heterocycles. The molecular weight excluding hydrogens is 268 g/mol. The summed E-state index contributed by atoms with van der Waals surface area (Å²) in [7, 11) is 0. The van der Waals surface area contributed by atoms with Gasteiger partial charge in [-0.25, -0.2) is 0 Å². The van der Waals surface area contributed by atoms with Crippen molar-refractivity contribution < 1.29 is 9.84 Å². The molecule has 0 saturated heterocycles. The highest BCUT2D eigenvalue weighted by Crippen LogP contribution is 2.36. The Kier molecular flexibility index (Phi) is 3.99. The minimum absolute atomic E-state index is 0.455. The summed E-state index contributed by atoms with van der Waals surface area (Å²) in [5.74, 6) is 0.833. The van der Waals surface area contributed by atoms with Crippen LogP contribution in [0.1, 0.15) is 24.2 Å². The molecule has 3 heteroatoms. The Balaban J connectivity index is 1.60. The first-order valence-corrected chi connectivity index (χ1v) is 7.76. The van der Waals surface area contributed by atoms with Crippen LogP contribution in [0.15, 0.2) is 53.4 Å². The lowest BCUT2D eigenvalue weighted by molar-refractivity contribution is 0.198. The molecule has 2 aromatic carbocycles. The van der Waals surface area contributed by atoms with Gasteiger partial charge in [0.25, 0.3) is 0 Å². The lowest BCUT2D eigenvalue weighted by Gasteiger charge is -2.12. The number of hydrogen-bond acceptors (Lipinski definition) is 3. The Bertz CT molecular complexity index is 570. The number of ether oxygens (including phenoxy) is 1. The van der Waals surface area contributed by atoms with Crippen LogP contribution in [0.2, 0.25) is 0 Å². The van der Waals surface area contributed by atoms with E-state index in [0.717, 1.165) is 17.7 Å². The van der Waals surface area contributed by atoms with Gasteiger partial charge in [-0.05, 0) is 42.7 Å². The van der Waals surface area contributed by atoms with Gasteiger partial charge < -0.3 is 9.84 Å². The van der Waals surface area contributed by atoms with Crippen molar-refractivity contribution in [3.63, 3.8) is 0 Å². The van der Waals surface area contributed by atoms with Gasteiger partial charge >= 0.3 is 0 Å². The second kappa shape index (κ2) is 5.90.